The van der Waals surface area contributed by atoms with Crippen molar-refractivity contribution in [2.45, 2.75) is 33.6 Å². The van der Waals surface area contributed by atoms with Crippen molar-refractivity contribution in [3.05, 3.63) is 5.01 Å². The second-order valence-electron chi connectivity index (χ2n) is 5.74. The van der Waals surface area contributed by atoms with Gasteiger partial charge in [0.1, 0.15) is 0 Å². The van der Waals surface area contributed by atoms with Crippen LogP contribution in [-0.2, 0) is 0 Å². The molecule has 0 aliphatic heterocycles. The molecule has 2 N–H and O–H groups in total. The molecule has 0 saturated heterocycles. The van der Waals surface area contributed by atoms with Gasteiger partial charge in [-0.3, -0.25) is 5.32 Å². The van der Waals surface area contributed by atoms with Crippen molar-refractivity contribution < 1.29 is 18.7 Å². The molecule has 2 amide bonds. The van der Waals surface area contributed by atoms with E-state index in [-0.39, 0.29) is 17.2 Å². The summed E-state index contributed by atoms with van der Waals surface area (Å²) in [6.07, 6.45) is -2.25. The predicted octanol–water partition coefficient (Wildman–Crippen LogP) is 2.74. The minimum absolute atomic E-state index is 0.0255. The van der Waals surface area contributed by atoms with E-state index >= 15 is 0 Å². The minimum atomic E-state index is -2.70. The summed E-state index contributed by atoms with van der Waals surface area (Å²) < 4.78 is 24.8. The van der Waals surface area contributed by atoms with Gasteiger partial charge in [-0.2, -0.15) is 0 Å². The normalized spacial score (nSPS) is 11.8. The van der Waals surface area contributed by atoms with Gasteiger partial charge in [0.05, 0.1) is 0 Å². The van der Waals surface area contributed by atoms with Crippen molar-refractivity contribution >= 4 is 22.5 Å². The van der Waals surface area contributed by atoms with Gasteiger partial charge in [-0.1, -0.05) is 32.1 Å². The number of halogens is 2. The summed E-state index contributed by atoms with van der Waals surface area (Å²) in [6.45, 7) is 6.76. The summed E-state index contributed by atoms with van der Waals surface area (Å²) in [5.41, 5.74) is -0.123. The van der Waals surface area contributed by atoms with E-state index in [0.29, 0.717) is 30.8 Å². The molecule has 0 atom stereocenters. The second kappa shape index (κ2) is 7.60. The monoisotopic (exact) mass is 322 g/mol. The van der Waals surface area contributed by atoms with E-state index in [2.05, 4.69) is 15.5 Å². The van der Waals surface area contributed by atoms with Crippen LogP contribution in [0.2, 0.25) is 0 Å². The SMILES string of the molecule is CC(C)(C)CN(CCCO)C(=O)Nc1nnc(C(F)F)s1. The van der Waals surface area contributed by atoms with Crippen LogP contribution < -0.4 is 5.32 Å². The number of hydrogen-bond donors (Lipinski definition) is 2. The third-order valence-electron chi connectivity index (χ3n) is 2.38. The Labute approximate surface area is 126 Å². The largest absolute Gasteiger partial charge is 0.396 e. The number of nitrogens with zero attached hydrogens (tertiary/aromatic N) is 3. The minimum Gasteiger partial charge on any atom is -0.396 e. The van der Waals surface area contributed by atoms with Crippen LogP contribution in [0.1, 0.15) is 38.6 Å². The molecule has 0 bridgehead atoms. The Morgan fingerprint density at radius 3 is 2.57 bits per heavy atom. The maximum atomic E-state index is 12.4. The van der Waals surface area contributed by atoms with Gasteiger partial charge in [0, 0.05) is 19.7 Å². The smallest absolute Gasteiger partial charge is 0.323 e. The quantitative estimate of drug-likeness (QED) is 0.844. The molecule has 0 spiro atoms. The summed E-state index contributed by atoms with van der Waals surface area (Å²) >= 11 is 0.648. The zero-order chi connectivity index (χ0) is 16.0. The van der Waals surface area contributed by atoms with E-state index in [1.165, 1.54) is 4.90 Å². The van der Waals surface area contributed by atoms with Gasteiger partial charge >= 0.3 is 6.03 Å². The molecular formula is C12H20F2N4O2S. The van der Waals surface area contributed by atoms with Crippen LogP contribution in [0.4, 0.5) is 18.7 Å². The van der Waals surface area contributed by atoms with Crippen LogP contribution in [-0.4, -0.2) is 45.9 Å². The maximum Gasteiger partial charge on any atom is 0.323 e. The molecule has 21 heavy (non-hydrogen) atoms. The first-order chi connectivity index (χ1) is 9.73. The Hall–Kier alpha value is -1.35. The van der Waals surface area contributed by atoms with Gasteiger partial charge in [0.25, 0.3) is 6.43 Å². The lowest BCUT2D eigenvalue weighted by atomic mass is 9.96. The van der Waals surface area contributed by atoms with E-state index in [9.17, 15) is 13.6 Å². The number of rotatable bonds is 6. The van der Waals surface area contributed by atoms with Crippen LogP contribution in [0.3, 0.4) is 0 Å². The van der Waals surface area contributed by atoms with E-state index in [0.717, 1.165) is 0 Å². The number of anilines is 1. The average Bonchev–Trinajstić information content (AvgIpc) is 2.81. The Kier molecular flexibility index (Phi) is 6.41. The van der Waals surface area contributed by atoms with Gasteiger partial charge in [-0.25, -0.2) is 13.6 Å². The van der Waals surface area contributed by atoms with Crippen LogP contribution >= 0.6 is 11.3 Å². The Morgan fingerprint density at radius 1 is 1.43 bits per heavy atom. The fourth-order valence-electron chi connectivity index (χ4n) is 1.63. The third kappa shape index (κ3) is 6.30. The Balaban J connectivity index is 2.70. The number of amides is 2. The van der Waals surface area contributed by atoms with E-state index in [1.807, 2.05) is 20.8 Å². The molecule has 0 aliphatic rings. The van der Waals surface area contributed by atoms with Crippen molar-refractivity contribution in [2.24, 2.45) is 5.41 Å². The molecule has 0 fully saturated rings. The zero-order valence-electron chi connectivity index (χ0n) is 12.3. The number of carbonyl (C=O) groups excluding carboxylic acids is 1. The molecule has 0 radical (unpaired) electrons. The lowest BCUT2D eigenvalue weighted by Crippen LogP contribution is -2.41. The van der Waals surface area contributed by atoms with Crippen LogP contribution in [0.25, 0.3) is 0 Å². The van der Waals surface area contributed by atoms with Crippen molar-refractivity contribution in [1.29, 1.82) is 0 Å². The molecule has 1 aromatic heterocycles. The highest BCUT2D eigenvalue weighted by Crippen LogP contribution is 2.25. The molecule has 0 aliphatic carbocycles. The summed E-state index contributed by atoms with van der Waals surface area (Å²) in [4.78, 5) is 13.7. The van der Waals surface area contributed by atoms with Crippen molar-refractivity contribution in [2.75, 3.05) is 25.0 Å². The van der Waals surface area contributed by atoms with Gasteiger partial charge in [-0.05, 0) is 11.8 Å². The van der Waals surface area contributed by atoms with Crippen molar-refractivity contribution in [1.82, 2.24) is 15.1 Å². The number of urea groups is 1. The lowest BCUT2D eigenvalue weighted by molar-refractivity contribution is 0.150. The first-order valence-electron chi connectivity index (χ1n) is 6.51. The fraction of sp³-hybridized carbons (Fsp3) is 0.750. The number of nitrogens with one attached hydrogen (secondary N) is 1. The van der Waals surface area contributed by atoms with E-state index < -0.39 is 17.5 Å². The van der Waals surface area contributed by atoms with E-state index in [1.54, 1.807) is 0 Å². The molecular weight excluding hydrogens is 302 g/mol. The number of aliphatic hydroxyl groups excluding tert-OH is 1. The standard InChI is InChI=1S/C12H20F2N4O2S/c1-12(2,3)7-18(5-4-6-19)11(20)15-10-17-16-9(21-10)8(13)14/h8,19H,4-7H2,1-3H3,(H,15,17,20). The predicted molar refractivity (Wildman–Crippen MR) is 76.6 cm³/mol. The molecule has 0 aromatic carbocycles. The average molecular weight is 322 g/mol. The van der Waals surface area contributed by atoms with Crippen molar-refractivity contribution in [3.63, 3.8) is 0 Å². The number of alkyl halides is 2. The molecule has 0 unspecified atom stereocenters. The molecule has 9 heteroatoms. The fourth-order valence-corrected chi connectivity index (χ4v) is 2.22. The molecule has 6 nitrogen and oxygen atoms in total. The number of carbonyl (C=O) groups is 1. The summed E-state index contributed by atoms with van der Waals surface area (Å²) in [5, 5.41) is 17.8. The Bertz CT molecular complexity index is 462. The van der Waals surface area contributed by atoms with Crippen LogP contribution in [0, 0.1) is 5.41 Å². The van der Waals surface area contributed by atoms with Gasteiger partial charge in [0.2, 0.25) is 5.13 Å². The van der Waals surface area contributed by atoms with E-state index in [4.69, 9.17) is 5.11 Å². The summed E-state index contributed by atoms with van der Waals surface area (Å²) in [7, 11) is 0. The Morgan fingerprint density at radius 2 is 2.10 bits per heavy atom. The highest BCUT2D eigenvalue weighted by Gasteiger charge is 2.22. The number of aliphatic hydroxyl groups is 1. The lowest BCUT2D eigenvalue weighted by Gasteiger charge is -2.29. The van der Waals surface area contributed by atoms with Gasteiger partial charge < -0.3 is 10.0 Å². The third-order valence-corrected chi connectivity index (χ3v) is 3.23. The summed E-state index contributed by atoms with van der Waals surface area (Å²) in [6, 6.07) is -0.435. The molecule has 0 saturated carbocycles. The highest BCUT2D eigenvalue weighted by atomic mass is 32.1. The van der Waals surface area contributed by atoms with Gasteiger partial charge in [-0.15, -0.1) is 10.2 Å². The second-order valence-corrected chi connectivity index (χ2v) is 6.74. The first-order valence-corrected chi connectivity index (χ1v) is 7.33. The van der Waals surface area contributed by atoms with Crippen molar-refractivity contribution in [3.8, 4) is 0 Å². The van der Waals surface area contributed by atoms with Crippen LogP contribution in [0.5, 0.6) is 0 Å². The maximum absolute atomic E-state index is 12.4. The number of hydrogen-bond acceptors (Lipinski definition) is 5. The topological polar surface area (TPSA) is 78.4 Å². The summed E-state index contributed by atoms with van der Waals surface area (Å²) in [5.74, 6) is 0. The highest BCUT2D eigenvalue weighted by molar-refractivity contribution is 7.15. The molecule has 1 heterocycles. The molecule has 1 rings (SSSR count). The molecule has 120 valence electrons. The van der Waals surface area contributed by atoms with Crippen LogP contribution in [0.15, 0.2) is 0 Å². The zero-order valence-corrected chi connectivity index (χ0v) is 13.1. The van der Waals surface area contributed by atoms with Gasteiger partial charge in [0.15, 0.2) is 5.01 Å². The number of aromatic nitrogens is 2. The molecule has 1 aromatic rings. The first kappa shape index (κ1) is 17.7.